The molecule has 2 aromatic rings. The molecular formula is C20H23F3N4O. The van der Waals surface area contributed by atoms with Gasteiger partial charge in [0.2, 0.25) is 0 Å². The van der Waals surface area contributed by atoms with Crippen LogP contribution < -0.4 is 10.2 Å². The van der Waals surface area contributed by atoms with E-state index in [4.69, 9.17) is 0 Å². The second-order valence-electron chi connectivity index (χ2n) is 7.87. The molecule has 0 amide bonds. The van der Waals surface area contributed by atoms with E-state index in [1.165, 1.54) is 6.92 Å². The number of nitrogens with one attached hydrogen (secondary N) is 1. The maximum Gasteiger partial charge on any atom is 0.416 e. The van der Waals surface area contributed by atoms with Crippen molar-refractivity contribution in [1.29, 1.82) is 0 Å². The van der Waals surface area contributed by atoms with Gasteiger partial charge in [-0.3, -0.25) is 0 Å². The first-order chi connectivity index (χ1) is 13.2. The maximum atomic E-state index is 12.9. The van der Waals surface area contributed by atoms with Gasteiger partial charge in [-0.2, -0.15) is 13.2 Å². The molecule has 0 saturated carbocycles. The molecule has 0 spiro atoms. The van der Waals surface area contributed by atoms with Gasteiger partial charge in [0.25, 0.3) is 0 Å². The minimum Gasteiger partial charge on any atom is -0.507 e. The molecule has 2 fully saturated rings. The second-order valence-corrected chi connectivity index (χ2v) is 7.87. The Morgan fingerprint density at radius 1 is 1.21 bits per heavy atom. The van der Waals surface area contributed by atoms with E-state index in [1.807, 2.05) is 6.07 Å². The SMILES string of the molecule is Cc1cc(C(F)(F)F)cc(O)c1-c1ccc(N2CC[C@@H]3NCC(C)C[C@H]32)nn1. The van der Waals surface area contributed by atoms with Crippen LogP contribution in [0, 0.1) is 12.8 Å². The summed E-state index contributed by atoms with van der Waals surface area (Å²) in [6.45, 7) is 5.68. The average Bonchev–Trinajstić information content (AvgIpc) is 3.04. The molecule has 2 N–H and O–H groups in total. The third-order valence-corrected chi connectivity index (χ3v) is 5.76. The average molecular weight is 392 g/mol. The van der Waals surface area contributed by atoms with E-state index in [-0.39, 0.29) is 5.56 Å². The van der Waals surface area contributed by atoms with E-state index < -0.39 is 17.5 Å². The van der Waals surface area contributed by atoms with Crippen LogP contribution >= 0.6 is 0 Å². The zero-order valence-corrected chi connectivity index (χ0v) is 15.8. The quantitative estimate of drug-likeness (QED) is 0.815. The van der Waals surface area contributed by atoms with Crippen molar-refractivity contribution in [2.24, 2.45) is 5.92 Å². The highest BCUT2D eigenvalue weighted by Crippen LogP contribution is 2.39. The van der Waals surface area contributed by atoms with Crippen molar-refractivity contribution >= 4 is 5.82 Å². The highest BCUT2D eigenvalue weighted by Gasteiger charge is 2.38. The van der Waals surface area contributed by atoms with Crippen molar-refractivity contribution in [3.8, 4) is 17.0 Å². The van der Waals surface area contributed by atoms with E-state index in [9.17, 15) is 18.3 Å². The number of phenols is 1. The van der Waals surface area contributed by atoms with Gasteiger partial charge in [0, 0.05) is 24.2 Å². The summed E-state index contributed by atoms with van der Waals surface area (Å²) in [6, 6.07) is 6.14. The smallest absolute Gasteiger partial charge is 0.416 e. The Hall–Kier alpha value is -2.35. The topological polar surface area (TPSA) is 61.3 Å². The Balaban J connectivity index is 1.61. The number of hydrogen-bond acceptors (Lipinski definition) is 5. The Bertz CT molecular complexity index is 846. The number of aromatic hydroxyl groups is 1. The van der Waals surface area contributed by atoms with E-state index >= 15 is 0 Å². The minimum atomic E-state index is -4.51. The van der Waals surface area contributed by atoms with Crippen molar-refractivity contribution in [3.05, 3.63) is 35.4 Å². The predicted molar refractivity (Wildman–Crippen MR) is 100 cm³/mol. The number of rotatable bonds is 2. The van der Waals surface area contributed by atoms with Gasteiger partial charge in [-0.15, -0.1) is 10.2 Å². The molecule has 0 bridgehead atoms. The molecular weight excluding hydrogens is 369 g/mol. The van der Waals surface area contributed by atoms with Gasteiger partial charge in [0.05, 0.1) is 11.3 Å². The van der Waals surface area contributed by atoms with Crippen LogP contribution in [0.5, 0.6) is 5.75 Å². The molecule has 1 aromatic carbocycles. The molecule has 4 rings (SSSR count). The van der Waals surface area contributed by atoms with Crippen molar-refractivity contribution in [2.45, 2.75) is 44.9 Å². The van der Waals surface area contributed by atoms with Crippen molar-refractivity contribution in [3.63, 3.8) is 0 Å². The fourth-order valence-electron chi connectivity index (χ4n) is 4.39. The van der Waals surface area contributed by atoms with Crippen LogP contribution in [-0.4, -0.2) is 40.5 Å². The van der Waals surface area contributed by atoms with Crippen LogP contribution in [0.1, 0.15) is 30.9 Å². The molecule has 5 nitrogen and oxygen atoms in total. The number of fused-ring (bicyclic) bond motifs is 1. The standard InChI is InChI=1S/C20H23F3N4O/c1-11-7-16-14(24-10-11)5-6-27(16)18-4-3-15(25-26-18)19-12(2)8-13(9-17(19)28)20(21,22)23/h3-4,8-9,11,14,16,24,28H,5-7,10H2,1-2H3/t11?,14-,16+/m0/s1. The third-order valence-electron chi connectivity index (χ3n) is 5.76. The van der Waals surface area contributed by atoms with Crippen LogP contribution in [0.25, 0.3) is 11.3 Å². The number of halogens is 3. The van der Waals surface area contributed by atoms with Crippen LogP contribution in [0.4, 0.5) is 19.0 Å². The lowest BCUT2D eigenvalue weighted by Crippen LogP contribution is -2.50. The van der Waals surface area contributed by atoms with Crippen LogP contribution in [0.3, 0.4) is 0 Å². The monoisotopic (exact) mass is 392 g/mol. The molecule has 1 aromatic heterocycles. The second kappa shape index (κ2) is 6.92. The molecule has 150 valence electrons. The first-order valence-electron chi connectivity index (χ1n) is 9.49. The molecule has 0 radical (unpaired) electrons. The van der Waals surface area contributed by atoms with E-state index in [2.05, 4.69) is 27.3 Å². The highest BCUT2D eigenvalue weighted by molar-refractivity contribution is 5.71. The minimum absolute atomic E-state index is 0.277. The van der Waals surface area contributed by atoms with Crippen molar-refractivity contribution in [1.82, 2.24) is 15.5 Å². The number of alkyl halides is 3. The summed E-state index contributed by atoms with van der Waals surface area (Å²) in [5.74, 6) is 0.915. The number of anilines is 1. The normalized spacial score (nSPS) is 25.0. The summed E-state index contributed by atoms with van der Waals surface area (Å²) in [5.41, 5.74) is 0.0661. The molecule has 2 saturated heterocycles. The molecule has 2 aliphatic rings. The van der Waals surface area contributed by atoms with Crippen molar-refractivity contribution in [2.75, 3.05) is 18.0 Å². The summed E-state index contributed by atoms with van der Waals surface area (Å²) < 4.78 is 38.8. The Labute approximate surface area is 161 Å². The number of piperidine rings is 1. The van der Waals surface area contributed by atoms with Crippen LogP contribution in [0.15, 0.2) is 24.3 Å². The van der Waals surface area contributed by atoms with Crippen LogP contribution in [-0.2, 0) is 6.18 Å². The summed E-state index contributed by atoms with van der Waals surface area (Å²) in [7, 11) is 0. The molecule has 2 aliphatic heterocycles. The Morgan fingerprint density at radius 3 is 2.64 bits per heavy atom. The third kappa shape index (κ3) is 3.41. The van der Waals surface area contributed by atoms with Gasteiger partial charge < -0.3 is 15.3 Å². The number of aromatic nitrogens is 2. The van der Waals surface area contributed by atoms with Crippen molar-refractivity contribution < 1.29 is 18.3 Å². The molecule has 3 heterocycles. The van der Waals surface area contributed by atoms with Gasteiger partial charge in [0.1, 0.15) is 5.75 Å². The Kier molecular flexibility index (Phi) is 4.69. The largest absolute Gasteiger partial charge is 0.507 e. The lowest BCUT2D eigenvalue weighted by atomic mass is 9.92. The molecule has 0 aliphatic carbocycles. The highest BCUT2D eigenvalue weighted by atomic mass is 19.4. The number of hydrogen-bond donors (Lipinski definition) is 2. The molecule has 1 unspecified atom stereocenters. The fourth-order valence-corrected chi connectivity index (χ4v) is 4.39. The van der Waals surface area contributed by atoms with E-state index in [0.717, 1.165) is 43.9 Å². The lowest BCUT2D eigenvalue weighted by molar-refractivity contribution is -0.137. The fraction of sp³-hybridized carbons (Fsp3) is 0.500. The predicted octanol–water partition coefficient (Wildman–Crippen LogP) is 3.75. The zero-order valence-electron chi connectivity index (χ0n) is 15.8. The zero-order chi connectivity index (χ0) is 20.1. The Morgan fingerprint density at radius 2 is 2.00 bits per heavy atom. The summed E-state index contributed by atoms with van der Waals surface area (Å²) in [4.78, 5) is 2.25. The molecule has 8 heteroatoms. The number of phenolic OH excluding ortho intramolecular Hbond substituents is 1. The van der Waals surface area contributed by atoms with E-state index in [1.54, 1.807) is 6.07 Å². The lowest BCUT2D eigenvalue weighted by Gasteiger charge is -2.35. The number of benzene rings is 1. The number of nitrogens with zero attached hydrogens (tertiary/aromatic N) is 3. The van der Waals surface area contributed by atoms with Gasteiger partial charge in [0.15, 0.2) is 5.82 Å². The summed E-state index contributed by atoms with van der Waals surface area (Å²) >= 11 is 0. The molecule has 3 atom stereocenters. The van der Waals surface area contributed by atoms with Gasteiger partial charge in [-0.05, 0) is 62.1 Å². The van der Waals surface area contributed by atoms with Gasteiger partial charge in [-0.1, -0.05) is 6.92 Å². The number of aryl methyl sites for hydroxylation is 1. The maximum absolute atomic E-state index is 12.9. The van der Waals surface area contributed by atoms with Crippen LogP contribution in [0.2, 0.25) is 0 Å². The van der Waals surface area contributed by atoms with Gasteiger partial charge >= 0.3 is 6.18 Å². The summed E-state index contributed by atoms with van der Waals surface area (Å²) in [6.07, 6.45) is -2.35. The van der Waals surface area contributed by atoms with E-state index in [0.29, 0.717) is 29.3 Å². The van der Waals surface area contributed by atoms with Gasteiger partial charge in [-0.25, -0.2) is 0 Å². The molecule has 28 heavy (non-hydrogen) atoms. The first-order valence-corrected chi connectivity index (χ1v) is 9.49. The summed E-state index contributed by atoms with van der Waals surface area (Å²) in [5, 5.41) is 22.3. The first kappa shape index (κ1) is 19.0.